The molecule has 0 aliphatic heterocycles. The zero-order valence-electron chi connectivity index (χ0n) is 14.1. The Labute approximate surface area is 143 Å². The molecule has 0 saturated heterocycles. The summed E-state index contributed by atoms with van der Waals surface area (Å²) in [5.74, 6) is -0.559. The lowest BCUT2D eigenvalue weighted by Gasteiger charge is -2.13. The molecule has 128 valence electrons. The summed E-state index contributed by atoms with van der Waals surface area (Å²) in [5, 5.41) is 0.380. The lowest BCUT2D eigenvalue weighted by molar-refractivity contribution is -0.151. The fraction of sp³-hybridized carbons (Fsp3) is 0.556. The Morgan fingerprint density at radius 2 is 1.87 bits per heavy atom. The van der Waals surface area contributed by atoms with Gasteiger partial charge in [0.2, 0.25) is 0 Å². The van der Waals surface area contributed by atoms with Crippen molar-refractivity contribution in [1.82, 2.24) is 0 Å². The van der Waals surface area contributed by atoms with E-state index in [-0.39, 0.29) is 24.9 Å². The zero-order valence-corrected chi connectivity index (χ0v) is 14.8. The number of hydrogen-bond donors (Lipinski definition) is 0. The normalized spacial score (nSPS) is 11.8. The Kier molecular flexibility index (Phi) is 8.70. The van der Waals surface area contributed by atoms with E-state index in [2.05, 4.69) is 6.92 Å². The molecular formula is C18H25ClO4. The number of hydrogen-bond acceptors (Lipinski definition) is 4. The Morgan fingerprint density at radius 1 is 1.17 bits per heavy atom. The van der Waals surface area contributed by atoms with Gasteiger partial charge in [0.25, 0.3) is 0 Å². The topological polar surface area (TPSA) is 52.6 Å². The molecule has 23 heavy (non-hydrogen) atoms. The van der Waals surface area contributed by atoms with E-state index in [0.29, 0.717) is 10.8 Å². The fourth-order valence-electron chi connectivity index (χ4n) is 2.09. The molecule has 1 aromatic rings. The molecule has 0 spiro atoms. The van der Waals surface area contributed by atoms with Gasteiger partial charge in [-0.05, 0) is 44.4 Å². The van der Waals surface area contributed by atoms with E-state index in [1.54, 1.807) is 18.2 Å². The van der Waals surface area contributed by atoms with Gasteiger partial charge in [-0.1, -0.05) is 37.4 Å². The summed E-state index contributed by atoms with van der Waals surface area (Å²) >= 11 is 6.00. The maximum atomic E-state index is 11.8. The first kappa shape index (κ1) is 19.5. The smallest absolute Gasteiger partial charge is 0.311 e. The van der Waals surface area contributed by atoms with E-state index in [4.69, 9.17) is 21.1 Å². The summed E-state index contributed by atoms with van der Waals surface area (Å²) in [4.78, 5) is 23.5. The van der Waals surface area contributed by atoms with Crippen LogP contribution < -0.4 is 4.74 Å². The van der Waals surface area contributed by atoms with E-state index in [0.717, 1.165) is 31.2 Å². The maximum Gasteiger partial charge on any atom is 0.311 e. The van der Waals surface area contributed by atoms with Crippen molar-refractivity contribution in [3.05, 3.63) is 28.8 Å². The fourth-order valence-corrected chi connectivity index (χ4v) is 2.36. The summed E-state index contributed by atoms with van der Waals surface area (Å²) in [6, 6.07) is 5.17. The van der Waals surface area contributed by atoms with Crippen LogP contribution in [0.5, 0.6) is 5.75 Å². The predicted octanol–water partition coefficient (Wildman–Crippen LogP) is 4.85. The molecule has 0 aromatic heterocycles. The SMILES string of the molecule is CCCCCC(C)OC(=O)CCC(=O)Oc1ccc(C)cc1Cl. The first-order chi connectivity index (χ1) is 10.9. The van der Waals surface area contributed by atoms with Crippen LogP contribution in [0.15, 0.2) is 18.2 Å². The molecule has 0 aliphatic carbocycles. The number of aryl methyl sites for hydroxylation is 1. The highest BCUT2D eigenvalue weighted by Gasteiger charge is 2.14. The molecule has 0 radical (unpaired) electrons. The molecule has 4 nitrogen and oxygen atoms in total. The van der Waals surface area contributed by atoms with Crippen molar-refractivity contribution in [3.8, 4) is 5.75 Å². The largest absolute Gasteiger partial charge is 0.463 e. The summed E-state index contributed by atoms with van der Waals surface area (Å²) < 4.78 is 10.4. The summed E-state index contributed by atoms with van der Waals surface area (Å²) in [7, 11) is 0. The second-order valence-corrected chi connectivity index (χ2v) is 6.11. The third kappa shape index (κ3) is 8.03. The van der Waals surface area contributed by atoms with Crippen molar-refractivity contribution in [3.63, 3.8) is 0 Å². The number of ether oxygens (including phenoxy) is 2. The Balaban J connectivity index is 2.31. The molecule has 0 fully saturated rings. The van der Waals surface area contributed by atoms with Crippen LogP contribution in [0.25, 0.3) is 0 Å². The zero-order chi connectivity index (χ0) is 17.2. The second-order valence-electron chi connectivity index (χ2n) is 5.70. The third-order valence-corrected chi connectivity index (χ3v) is 3.69. The monoisotopic (exact) mass is 340 g/mol. The highest BCUT2D eigenvalue weighted by molar-refractivity contribution is 6.32. The van der Waals surface area contributed by atoms with E-state index >= 15 is 0 Å². The van der Waals surface area contributed by atoms with E-state index in [9.17, 15) is 9.59 Å². The molecular weight excluding hydrogens is 316 g/mol. The number of unbranched alkanes of at least 4 members (excludes halogenated alkanes) is 2. The van der Waals surface area contributed by atoms with Crippen LogP contribution >= 0.6 is 11.6 Å². The number of carbonyl (C=O) groups excluding carboxylic acids is 2. The summed E-state index contributed by atoms with van der Waals surface area (Å²) in [5.41, 5.74) is 0.982. The van der Waals surface area contributed by atoms with Gasteiger partial charge in [-0.3, -0.25) is 9.59 Å². The third-order valence-electron chi connectivity index (χ3n) is 3.39. The molecule has 0 bridgehead atoms. The molecule has 0 aliphatic rings. The van der Waals surface area contributed by atoms with E-state index < -0.39 is 5.97 Å². The Hall–Kier alpha value is -1.55. The lowest BCUT2D eigenvalue weighted by atomic mass is 10.1. The van der Waals surface area contributed by atoms with Crippen LogP contribution in [0.2, 0.25) is 5.02 Å². The van der Waals surface area contributed by atoms with Crippen LogP contribution in [0, 0.1) is 6.92 Å². The minimum Gasteiger partial charge on any atom is -0.463 e. The minimum atomic E-state index is -0.494. The number of carbonyl (C=O) groups is 2. The highest BCUT2D eigenvalue weighted by Crippen LogP contribution is 2.25. The quantitative estimate of drug-likeness (QED) is 0.366. The number of halogens is 1. The molecule has 1 rings (SSSR count). The Bertz CT molecular complexity index is 528. The van der Waals surface area contributed by atoms with Crippen LogP contribution in [-0.2, 0) is 14.3 Å². The average molecular weight is 341 g/mol. The van der Waals surface area contributed by atoms with Gasteiger partial charge in [-0.25, -0.2) is 0 Å². The van der Waals surface area contributed by atoms with Gasteiger partial charge < -0.3 is 9.47 Å². The first-order valence-electron chi connectivity index (χ1n) is 8.08. The van der Waals surface area contributed by atoms with Crippen molar-refractivity contribution >= 4 is 23.5 Å². The molecule has 0 amide bonds. The van der Waals surface area contributed by atoms with Crippen molar-refractivity contribution in [1.29, 1.82) is 0 Å². The molecule has 1 aromatic carbocycles. The summed E-state index contributed by atoms with van der Waals surface area (Å²) in [6.45, 7) is 5.90. The average Bonchev–Trinajstić information content (AvgIpc) is 2.48. The minimum absolute atomic E-state index is 0.0143. The van der Waals surface area contributed by atoms with Gasteiger partial charge in [0, 0.05) is 0 Å². The number of esters is 2. The molecule has 5 heteroatoms. The summed E-state index contributed by atoms with van der Waals surface area (Å²) in [6.07, 6.45) is 4.03. The molecule has 0 saturated carbocycles. The van der Waals surface area contributed by atoms with Crippen LogP contribution in [-0.4, -0.2) is 18.0 Å². The second kappa shape index (κ2) is 10.3. The van der Waals surface area contributed by atoms with Crippen molar-refractivity contribution in [2.75, 3.05) is 0 Å². The van der Waals surface area contributed by atoms with Crippen LogP contribution in [0.1, 0.15) is 57.9 Å². The maximum absolute atomic E-state index is 11.8. The van der Waals surface area contributed by atoms with E-state index in [1.165, 1.54) is 0 Å². The van der Waals surface area contributed by atoms with Gasteiger partial charge in [-0.15, -0.1) is 0 Å². The van der Waals surface area contributed by atoms with Gasteiger partial charge in [-0.2, -0.15) is 0 Å². The van der Waals surface area contributed by atoms with Crippen molar-refractivity contribution in [2.45, 2.75) is 65.4 Å². The standard InChI is InChI=1S/C18H25ClO4/c1-4-5-6-7-14(3)22-17(20)10-11-18(21)23-16-9-8-13(2)12-15(16)19/h8-9,12,14H,4-7,10-11H2,1-3H3. The number of rotatable bonds is 9. The van der Waals surface area contributed by atoms with Crippen LogP contribution in [0.3, 0.4) is 0 Å². The molecule has 0 N–H and O–H groups in total. The predicted molar refractivity (Wildman–Crippen MR) is 90.8 cm³/mol. The highest BCUT2D eigenvalue weighted by atomic mass is 35.5. The molecule has 1 atom stereocenters. The first-order valence-corrected chi connectivity index (χ1v) is 8.46. The van der Waals surface area contributed by atoms with Gasteiger partial charge >= 0.3 is 11.9 Å². The van der Waals surface area contributed by atoms with Crippen molar-refractivity contribution in [2.24, 2.45) is 0 Å². The lowest BCUT2D eigenvalue weighted by Crippen LogP contribution is -2.17. The Morgan fingerprint density at radius 3 is 2.52 bits per heavy atom. The van der Waals surface area contributed by atoms with Gasteiger partial charge in [0.1, 0.15) is 5.75 Å². The number of benzene rings is 1. The molecule has 0 heterocycles. The van der Waals surface area contributed by atoms with E-state index in [1.807, 2.05) is 13.8 Å². The van der Waals surface area contributed by atoms with Crippen molar-refractivity contribution < 1.29 is 19.1 Å². The van der Waals surface area contributed by atoms with Crippen LogP contribution in [0.4, 0.5) is 0 Å². The molecule has 1 unspecified atom stereocenters. The van der Waals surface area contributed by atoms with Gasteiger partial charge in [0.05, 0.1) is 24.0 Å². The van der Waals surface area contributed by atoms with Gasteiger partial charge in [0.15, 0.2) is 0 Å².